The number of carbonyl (C=O) groups is 1. The summed E-state index contributed by atoms with van der Waals surface area (Å²) in [7, 11) is 0. The second kappa shape index (κ2) is 7.40. The number of esters is 1. The molecular formula is C20H32O4. The number of epoxide rings is 1. The Hall–Kier alpha value is -1.13. The van der Waals surface area contributed by atoms with Crippen molar-refractivity contribution in [1.29, 1.82) is 0 Å². The summed E-state index contributed by atoms with van der Waals surface area (Å²) in [5, 5.41) is 11.0. The number of aliphatic hydroxyl groups is 1. The number of ether oxygens (including phenoxy) is 2. The molecule has 0 spiro atoms. The molecule has 0 aromatic rings. The summed E-state index contributed by atoms with van der Waals surface area (Å²) < 4.78 is 11.7. The van der Waals surface area contributed by atoms with Crippen LogP contribution in [0.4, 0.5) is 0 Å². The van der Waals surface area contributed by atoms with E-state index in [1.807, 2.05) is 6.92 Å². The third-order valence-electron chi connectivity index (χ3n) is 5.51. The maximum absolute atomic E-state index is 12.3. The van der Waals surface area contributed by atoms with Gasteiger partial charge in [0.15, 0.2) is 0 Å². The van der Waals surface area contributed by atoms with Crippen molar-refractivity contribution in [3.05, 3.63) is 23.3 Å². The number of hydrogen-bond donors (Lipinski definition) is 1. The van der Waals surface area contributed by atoms with E-state index in [0.717, 1.165) is 12.8 Å². The first-order chi connectivity index (χ1) is 11.2. The summed E-state index contributed by atoms with van der Waals surface area (Å²) in [5.41, 5.74) is 1.54. The molecule has 0 bridgehead atoms. The Kier molecular flexibility index (Phi) is 5.92. The summed E-state index contributed by atoms with van der Waals surface area (Å²) in [4.78, 5) is 12.3. The first-order valence-electron chi connectivity index (χ1n) is 9.05. The van der Waals surface area contributed by atoms with Crippen LogP contribution in [0.15, 0.2) is 23.3 Å². The molecule has 2 rings (SSSR count). The average Bonchev–Trinajstić information content (AvgIpc) is 3.17. The molecule has 4 heteroatoms. The molecule has 0 radical (unpaired) electrons. The molecule has 1 aliphatic carbocycles. The summed E-state index contributed by atoms with van der Waals surface area (Å²) in [6.45, 7) is 11.9. The second-order valence-electron chi connectivity index (χ2n) is 7.87. The number of allylic oxidation sites excluding steroid dienone is 2. The van der Waals surface area contributed by atoms with Crippen LogP contribution in [-0.2, 0) is 14.3 Å². The second-order valence-corrected chi connectivity index (χ2v) is 7.87. The topological polar surface area (TPSA) is 59.1 Å². The van der Waals surface area contributed by atoms with E-state index in [1.165, 1.54) is 5.57 Å². The smallest absolute Gasteiger partial charge is 0.333 e. The van der Waals surface area contributed by atoms with Crippen molar-refractivity contribution in [1.82, 2.24) is 0 Å². The molecule has 5 atom stereocenters. The Morgan fingerprint density at radius 1 is 1.50 bits per heavy atom. The average molecular weight is 336 g/mol. The molecule has 0 aromatic carbocycles. The number of rotatable bonds is 3. The monoisotopic (exact) mass is 336 g/mol. The Morgan fingerprint density at radius 3 is 2.75 bits per heavy atom. The van der Waals surface area contributed by atoms with Gasteiger partial charge in [0.2, 0.25) is 0 Å². The van der Waals surface area contributed by atoms with Gasteiger partial charge in [-0.05, 0) is 46.5 Å². The van der Waals surface area contributed by atoms with E-state index in [9.17, 15) is 9.90 Å². The van der Waals surface area contributed by atoms with Gasteiger partial charge in [-0.25, -0.2) is 4.79 Å². The molecular weight excluding hydrogens is 304 g/mol. The van der Waals surface area contributed by atoms with Gasteiger partial charge in [0.25, 0.3) is 0 Å². The van der Waals surface area contributed by atoms with E-state index in [0.29, 0.717) is 12.0 Å². The Morgan fingerprint density at radius 2 is 2.17 bits per heavy atom. The van der Waals surface area contributed by atoms with E-state index >= 15 is 0 Å². The molecule has 0 aromatic heterocycles. The first kappa shape index (κ1) is 19.2. The van der Waals surface area contributed by atoms with E-state index < -0.39 is 6.10 Å². The fraction of sp³-hybridized carbons (Fsp3) is 0.750. The molecule has 1 heterocycles. The largest absolute Gasteiger partial charge is 0.458 e. The molecule has 136 valence electrons. The highest BCUT2D eigenvalue weighted by Crippen LogP contribution is 2.47. The van der Waals surface area contributed by atoms with Crippen LogP contribution in [0.3, 0.4) is 0 Å². The van der Waals surface area contributed by atoms with E-state index in [2.05, 4.69) is 33.8 Å². The minimum Gasteiger partial charge on any atom is -0.458 e. The summed E-state index contributed by atoms with van der Waals surface area (Å²) in [5.74, 6) is -0.263. The van der Waals surface area contributed by atoms with Gasteiger partial charge in [-0.1, -0.05) is 31.6 Å². The molecule has 1 N–H and O–H groups in total. The van der Waals surface area contributed by atoms with Crippen LogP contribution in [0.2, 0.25) is 0 Å². The van der Waals surface area contributed by atoms with Crippen molar-refractivity contribution < 1.29 is 19.4 Å². The fourth-order valence-corrected chi connectivity index (χ4v) is 3.74. The standard InChI is InChI=1S/C20H32O4/c1-7-14(5)19(22)23-15-11-13(4)9-8-10-20(6)18(24-20)17(21)16(15)12(2)3/h7,9,12,15-18,21H,8,10-11H2,1-6H3/t15-,16-,17+,18-,20-/m0/s1. The van der Waals surface area contributed by atoms with Gasteiger partial charge >= 0.3 is 5.97 Å². The lowest BCUT2D eigenvalue weighted by atomic mass is 9.78. The van der Waals surface area contributed by atoms with Crippen LogP contribution in [0, 0.1) is 11.8 Å². The number of aliphatic hydroxyl groups excluding tert-OH is 1. The van der Waals surface area contributed by atoms with Crippen LogP contribution in [0.1, 0.15) is 60.8 Å². The van der Waals surface area contributed by atoms with Crippen molar-refractivity contribution >= 4 is 5.97 Å². The maximum atomic E-state index is 12.3. The molecule has 2 aliphatic rings. The predicted octanol–water partition coefficient (Wildman–Crippen LogP) is 3.79. The maximum Gasteiger partial charge on any atom is 0.333 e. The van der Waals surface area contributed by atoms with Gasteiger partial charge in [-0.15, -0.1) is 0 Å². The minimum atomic E-state index is -0.621. The normalized spacial score (nSPS) is 37.5. The molecule has 1 aliphatic heterocycles. The molecule has 0 amide bonds. The number of carbonyl (C=O) groups excluding carboxylic acids is 1. The van der Waals surface area contributed by atoms with Gasteiger partial charge in [-0.3, -0.25) is 0 Å². The zero-order valence-corrected chi connectivity index (χ0v) is 15.8. The SMILES string of the molecule is CC=C(C)C(=O)O[C@H]1CC(C)=CCC[C@]2(C)O[C@H]2[C@H](O)[C@H]1C(C)C. The lowest BCUT2D eigenvalue weighted by Gasteiger charge is -2.34. The van der Waals surface area contributed by atoms with Crippen LogP contribution in [0.5, 0.6) is 0 Å². The summed E-state index contributed by atoms with van der Waals surface area (Å²) in [6, 6.07) is 0. The molecule has 0 saturated carbocycles. The van der Waals surface area contributed by atoms with Crippen molar-refractivity contribution in [2.45, 2.75) is 84.7 Å². The first-order valence-corrected chi connectivity index (χ1v) is 9.05. The van der Waals surface area contributed by atoms with E-state index in [-0.39, 0.29) is 35.6 Å². The number of fused-ring (bicyclic) bond motifs is 1. The van der Waals surface area contributed by atoms with Crippen LogP contribution < -0.4 is 0 Å². The van der Waals surface area contributed by atoms with E-state index in [1.54, 1.807) is 13.0 Å². The zero-order chi connectivity index (χ0) is 18.1. The van der Waals surface area contributed by atoms with Crippen molar-refractivity contribution in [3.63, 3.8) is 0 Å². The Labute approximate surface area is 145 Å². The van der Waals surface area contributed by atoms with Crippen LogP contribution >= 0.6 is 0 Å². The Bertz CT molecular complexity index is 534. The highest BCUT2D eigenvalue weighted by molar-refractivity contribution is 5.87. The third kappa shape index (κ3) is 4.09. The van der Waals surface area contributed by atoms with Crippen LogP contribution in [-0.4, -0.2) is 35.0 Å². The van der Waals surface area contributed by atoms with Gasteiger partial charge in [0, 0.05) is 17.9 Å². The van der Waals surface area contributed by atoms with Gasteiger partial charge in [0.1, 0.15) is 12.2 Å². The molecule has 0 unspecified atom stereocenters. The van der Waals surface area contributed by atoms with Crippen molar-refractivity contribution in [3.8, 4) is 0 Å². The van der Waals surface area contributed by atoms with Gasteiger partial charge in [-0.2, -0.15) is 0 Å². The van der Waals surface area contributed by atoms with Crippen molar-refractivity contribution in [2.24, 2.45) is 11.8 Å². The fourth-order valence-electron chi connectivity index (χ4n) is 3.74. The summed E-state index contributed by atoms with van der Waals surface area (Å²) >= 11 is 0. The Balaban J connectivity index is 2.30. The third-order valence-corrected chi connectivity index (χ3v) is 5.51. The van der Waals surface area contributed by atoms with Crippen LogP contribution in [0.25, 0.3) is 0 Å². The van der Waals surface area contributed by atoms with Crippen molar-refractivity contribution in [2.75, 3.05) is 0 Å². The molecule has 1 saturated heterocycles. The molecule has 24 heavy (non-hydrogen) atoms. The van der Waals surface area contributed by atoms with Gasteiger partial charge in [0.05, 0.1) is 11.7 Å². The minimum absolute atomic E-state index is 0.146. The van der Waals surface area contributed by atoms with Gasteiger partial charge < -0.3 is 14.6 Å². The lowest BCUT2D eigenvalue weighted by Crippen LogP contribution is -2.43. The predicted molar refractivity (Wildman–Crippen MR) is 94.5 cm³/mol. The quantitative estimate of drug-likeness (QED) is 0.369. The van der Waals surface area contributed by atoms with E-state index in [4.69, 9.17) is 9.47 Å². The molecule has 1 fully saturated rings. The highest BCUT2D eigenvalue weighted by atomic mass is 16.6. The summed E-state index contributed by atoms with van der Waals surface area (Å²) in [6.07, 6.45) is 5.34. The number of hydrogen-bond acceptors (Lipinski definition) is 4. The molecule has 4 nitrogen and oxygen atoms in total. The highest BCUT2D eigenvalue weighted by Gasteiger charge is 2.58. The lowest BCUT2D eigenvalue weighted by molar-refractivity contribution is -0.151. The zero-order valence-electron chi connectivity index (χ0n) is 15.8.